The van der Waals surface area contributed by atoms with Crippen LogP contribution in [0.15, 0.2) is 54.6 Å². The third-order valence-electron chi connectivity index (χ3n) is 3.01. The van der Waals surface area contributed by atoms with Gasteiger partial charge in [-0.3, -0.25) is 4.79 Å². The molecule has 1 aromatic carbocycles. The fraction of sp³-hybridized carbons (Fsp3) is 0.267. The number of hydrogen-bond donors (Lipinski definition) is 1. The number of aliphatic hydroxyl groups is 1. The maximum absolute atomic E-state index is 11.9. The van der Waals surface area contributed by atoms with Crippen LogP contribution < -0.4 is 0 Å². The van der Waals surface area contributed by atoms with Crippen LogP contribution in [0.3, 0.4) is 0 Å². The Morgan fingerprint density at radius 2 is 2.00 bits per heavy atom. The van der Waals surface area contributed by atoms with E-state index in [-0.39, 0.29) is 5.78 Å². The molecular weight excluding hydrogens is 212 g/mol. The zero-order valence-electron chi connectivity index (χ0n) is 9.67. The molecule has 0 radical (unpaired) electrons. The van der Waals surface area contributed by atoms with Crippen LogP contribution in [-0.4, -0.2) is 16.5 Å². The lowest BCUT2D eigenvalue weighted by molar-refractivity contribution is 0.0723. The van der Waals surface area contributed by atoms with Gasteiger partial charge in [0.05, 0.1) is 5.60 Å². The molecule has 0 fully saturated rings. The SMILES string of the molecule is O=C(CCC1(O)C=CC=CC1)c1ccccc1. The number of rotatable bonds is 4. The third-order valence-corrected chi connectivity index (χ3v) is 3.01. The minimum absolute atomic E-state index is 0.0852. The molecule has 17 heavy (non-hydrogen) atoms. The van der Waals surface area contributed by atoms with Crippen LogP contribution in [0.5, 0.6) is 0 Å². The molecule has 2 nitrogen and oxygen atoms in total. The van der Waals surface area contributed by atoms with E-state index in [0.29, 0.717) is 24.8 Å². The Morgan fingerprint density at radius 3 is 2.65 bits per heavy atom. The minimum Gasteiger partial charge on any atom is -0.385 e. The van der Waals surface area contributed by atoms with E-state index < -0.39 is 5.60 Å². The smallest absolute Gasteiger partial charge is 0.162 e. The van der Waals surface area contributed by atoms with E-state index in [9.17, 15) is 9.90 Å². The predicted octanol–water partition coefficient (Wildman–Crippen LogP) is 2.90. The average Bonchev–Trinajstić information content (AvgIpc) is 2.38. The lowest BCUT2D eigenvalue weighted by Gasteiger charge is -2.24. The molecule has 0 aliphatic heterocycles. The molecule has 0 spiro atoms. The Bertz CT molecular complexity index is 445. The number of carbonyl (C=O) groups is 1. The Morgan fingerprint density at radius 1 is 1.24 bits per heavy atom. The molecule has 2 rings (SSSR count). The van der Waals surface area contributed by atoms with Crippen LogP contribution in [0.1, 0.15) is 29.6 Å². The highest BCUT2D eigenvalue weighted by Gasteiger charge is 2.24. The van der Waals surface area contributed by atoms with Gasteiger partial charge in [0.1, 0.15) is 0 Å². The first-order valence-corrected chi connectivity index (χ1v) is 5.85. The van der Waals surface area contributed by atoms with Crippen LogP contribution in [0.4, 0.5) is 0 Å². The van der Waals surface area contributed by atoms with Crippen LogP contribution in [0.2, 0.25) is 0 Å². The molecule has 2 heteroatoms. The quantitative estimate of drug-likeness (QED) is 0.804. The van der Waals surface area contributed by atoms with Crippen LogP contribution in [-0.2, 0) is 0 Å². The Hall–Kier alpha value is -1.67. The second-order valence-electron chi connectivity index (χ2n) is 4.38. The zero-order valence-corrected chi connectivity index (χ0v) is 9.67. The molecule has 1 atom stereocenters. The summed E-state index contributed by atoms with van der Waals surface area (Å²) in [4.78, 5) is 11.9. The maximum atomic E-state index is 11.9. The van der Waals surface area contributed by atoms with E-state index in [1.54, 1.807) is 6.08 Å². The van der Waals surface area contributed by atoms with Crippen molar-refractivity contribution in [2.75, 3.05) is 0 Å². The molecule has 0 bridgehead atoms. The van der Waals surface area contributed by atoms with Gasteiger partial charge in [-0.15, -0.1) is 0 Å². The molecule has 0 saturated carbocycles. The van der Waals surface area contributed by atoms with E-state index in [4.69, 9.17) is 0 Å². The van der Waals surface area contributed by atoms with Gasteiger partial charge in [0, 0.05) is 12.0 Å². The van der Waals surface area contributed by atoms with E-state index in [0.717, 1.165) is 0 Å². The van der Waals surface area contributed by atoms with Gasteiger partial charge in [-0.1, -0.05) is 54.6 Å². The summed E-state index contributed by atoms with van der Waals surface area (Å²) in [6.45, 7) is 0. The van der Waals surface area contributed by atoms with Gasteiger partial charge < -0.3 is 5.11 Å². The van der Waals surface area contributed by atoms with Gasteiger partial charge in [-0.05, 0) is 12.8 Å². The molecule has 0 saturated heterocycles. The van der Waals surface area contributed by atoms with Gasteiger partial charge in [0.15, 0.2) is 5.78 Å². The van der Waals surface area contributed by atoms with Crippen molar-refractivity contribution in [3.8, 4) is 0 Å². The fourth-order valence-electron chi connectivity index (χ4n) is 1.94. The highest BCUT2D eigenvalue weighted by Crippen LogP contribution is 2.23. The summed E-state index contributed by atoms with van der Waals surface area (Å²) in [5.41, 5.74) is -0.134. The highest BCUT2D eigenvalue weighted by molar-refractivity contribution is 5.96. The Balaban J connectivity index is 1.93. The molecule has 0 amide bonds. The second-order valence-corrected chi connectivity index (χ2v) is 4.38. The van der Waals surface area contributed by atoms with Gasteiger partial charge in [-0.2, -0.15) is 0 Å². The minimum atomic E-state index is -0.848. The number of hydrogen-bond acceptors (Lipinski definition) is 2. The Labute approximate surface area is 101 Å². The average molecular weight is 228 g/mol. The Kier molecular flexibility index (Phi) is 3.55. The highest BCUT2D eigenvalue weighted by atomic mass is 16.3. The molecule has 1 aliphatic rings. The molecular formula is C15H16O2. The molecule has 1 aliphatic carbocycles. The molecule has 1 N–H and O–H groups in total. The summed E-state index contributed by atoms with van der Waals surface area (Å²) in [5, 5.41) is 10.2. The first-order chi connectivity index (χ1) is 8.20. The van der Waals surface area contributed by atoms with Gasteiger partial charge in [0.25, 0.3) is 0 Å². The van der Waals surface area contributed by atoms with Crippen molar-refractivity contribution in [1.29, 1.82) is 0 Å². The summed E-state index contributed by atoms with van der Waals surface area (Å²) in [7, 11) is 0. The first kappa shape index (κ1) is 11.8. The van der Waals surface area contributed by atoms with E-state index in [2.05, 4.69) is 0 Å². The van der Waals surface area contributed by atoms with E-state index in [1.807, 2.05) is 48.6 Å². The van der Waals surface area contributed by atoms with Crippen molar-refractivity contribution in [2.24, 2.45) is 0 Å². The van der Waals surface area contributed by atoms with Crippen molar-refractivity contribution in [2.45, 2.75) is 24.9 Å². The standard InChI is InChI=1S/C15H16O2/c16-14(13-7-3-1-4-8-13)9-12-15(17)10-5-2-6-11-15/h1-8,10,17H,9,11-12H2. The molecule has 1 unspecified atom stereocenters. The van der Waals surface area contributed by atoms with Crippen LogP contribution in [0.25, 0.3) is 0 Å². The number of Topliss-reactive ketones (excluding diaryl/α,β-unsaturated/α-hetero) is 1. The normalized spacial score (nSPS) is 22.6. The molecule has 0 heterocycles. The lowest BCUT2D eigenvalue weighted by Crippen LogP contribution is -2.27. The lowest BCUT2D eigenvalue weighted by atomic mass is 9.89. The molecule has 0 aromatic heterocycles. The van der Waals surface area contributed by atoms with Gasteiger partial charge in [0.2, 0.25) is 0 Å². The number of allylic oxidation sites excluding steroid dienone is 2. The second kappa shape index (κ2) is 5.11. The van der Waals surface area contributed by atoms with E-state index >= 15 is 0 Å². The summed E-state index contributed by atoms with van der Waals surface area (Å²) < 4.78 is 0. The number of carbonyl (C=O) groups excluding carboxylic acids is 1. The monoisotopic (exact) mass is 228 g/mol. The topological polar surface area (TPSA) is 37.3 Å². The van der Waals surface area contributed by atoms with Crippen LogP contribution in [0, 0.1) is 0 Å². The number of benzene rings is 1. The van der Waals surface area contributed by atoms with Crippen molar-refractivity contribution >= 4 is 5.78 Å². The number of ketones is 1. The van der Waals surface area contributed by atoms with Crippen molar-refractivity contribution in [3.05, 3.63) is 60.2 Å². The fourth-order valence-corrected chi connectivity index (χ4v) is 1.94. The predicted molar refractivity (Wildman–Crippen MR) is 67.9 cm³/mol. The summed E-state index contributed by atoms with van der Waals surface area (Å²) in [5.74, 6) is 0.0852. The summed E-state index contributed by atoms with van der Waals surface area (Å²) in [6.07, 6.45) is 8.87. The van der Waals surface area contributed by atoms with Gasteiger partial charge in [-0.25, -0.2) is 0 Å². The van der Waals surface area contributed by atoms with Crippen LogP contribution >= 0.6 is 0 Å². The van der Waals surface area contributed by atoms with E-state index in [1.165, 1.54) is 0 Å². The van der Waals surface area contributed by atoms with Crippen molar-refractivity contribution in [1.82, 2.24) is 0 Å². The summed E-state index contributed by atoms with van der Waals surface area (Å²) in [6, 6.07) is 9.21. The van der Waals surface area contributed by atoms with Crippen molar-refractivity contribution < 1.29 is 9.90 Å². The molecule has 1 aromatic rings. The zero-order chi connectivity index (χ0) is 12.1. The molecule has 88 valence electrons. The van der Waals surface area contributed by atoms with Crippen molar-refractivity contribution in [3.63, 3.8) is 0 Å². The summed E-state index contributed by atoms with van der Waals surface area (Å²) >= 11 is 0. The third kappa shape index (κ3) is 3.14. The largest absolute Gasteiger partial charge is 0.385 e. The maximum Gasteiger partial charge on any atom is 0.162 e. The van der Waals surface area contributed by atoms with Gasteiger partial charge >= 0.3 is 0 Å². The first-order valence-electron chi connectivity index (χ1n) is 5.85.